The summed E-state index contributed by atoms with van der Waals surface area (Å²) in [6, 6.07) is 14.8. The zero-order valence-electron chi connectivity index (χ0n) is 13.0. The summed E-state index contributed by atoms with van der Waals surface area (Å²) >= 11 is 0.994. The van der Waals surface area contributed by atoms with Gasteiger partial charge in [0, 0.05) is 0 Å². The number of carbonyl (C=O) groups is 3. The van der Waals surface area contributed by atoms with E-state index in [-0.39, 0.29) is 23.4 Å². The van der Waals surface area contributed by atoms with Gasteiger partial charge in [-0.15, -0.1) is 0 Å². The minimum absolute atomic E-state index is 0.156. The fourth-order valence-electron chi connectivity index (χ4n) is 2.55. The van der Waals surface area contributed by atoms with Gasteiger partial charge < -0.3 is 4.74 Å². The lowest BCUT2D eigenvalue weighted by atomic mass is 9.97. The number of thioether (sulfide) groups is 1. The van der Waals surface area contributed by atoms with Crippen LogP contribution in [-0.4, -0.2) is 34.9 Å². The van der Waals surface area contributed by atoms with Crippen LogP contribution in [0.5, 0.6) is 0 Å². The number of benzene rings is 2. The van der Waals surface area contributed by atoms with Crippen molar-refractivity contribution in [3.63, 3.8) is 0 Å². The largest absolute Gasteiger partial charge is 0.465 e. The smallest absolute Gasteiger partial charge is 0.338 e. The van der Waals surface area contributed by atoms with Crippen molar-refractivity contribution in [2.45, 2.75) is 6.54 Å². The fraction of sp³-hybridized carbons (Fsp3) is 0.167. The summed E-state index contributed by atoms with van der Waals surface area (Å²) in [7, 11) is 1.33. The van der Waals surface area contributed by atoms with Crippen LogP contribution in [-0.2, 0) is 16.1 Å². The molecule has 1 heterocycles. The van der Waals surface area contributed by atoms with Crippen LogP contribution in [0.2, 0.25) is 0 Å². The molecule has 5 nitrogen and oxygen atoms in total. The number of ether oxygens (including phenoxy) is 1. The van der Waals surface area contributed by atoms with Crippen LogP contribution in [0.4, 0.5) is 4.79 Å². The Balaban J connectivity index is 1.97. The van der Waals surface area contributed by atoms with Crippen LogP contribution in [0.1, 0.15) is 15.9 Å². The lowest BCUT2D eigenvalue weighted by Gasteiger charge is -2.15. The molecule has 0 aliphatic carbocycles. The van der Waals surface area contributed by atoms with E-state index in [9.17, 15) is 14.4 Å². The Morgan fingerprint density at radius 3 is 2.54 bits per heavy atom. The molecule has 1 saturated heterocycles. The van der Waals surface area contributed by atoms with Crippen LogP contribution < -0.4 is 0 Å². The molecule has 0 N–H and O–H groups in total. The minimum atomic E-state index is -0.454. The van der Waals surface area contributed by atoms with Gasteiger partial charge in [0.25, 0.3) is 5.24 Å². The van der Waals surface area contributed by atoms with Gasteiger partial charge in [0.15, 0.2) is 0 Å². The van der Waals surface area contributed by atoms with Crippen LogP contribution in [0.3, 0.4) is 0 Å². The van der Waals surface area contributed by atoms with Gasteiger partial charge in [0.2, 0.25) is 5.91 Å². The molecule has 3 rings (SSSR count). The van der Waals surface area contributed by atoms with Gasteiger partial charge in [-0.2, -0.15) is 0 Å². The van der Waals surface area contributed by atoms with Gasteiger partial charge in [-0.1, -0.05) is 54.2 Å². The lowest BCUT2D eigenvalue weighted by Crippen LogP contribution is -2.28. The first-order valence-electron chi connectivity index (χ1n) is 7.34. The van der Waals surface area contributed by atoms with Gasteiger partial charge in [-0.05, 0) is 22.8 Å². The maximum absolute atomic E-state index is 12.2. The van der Waals surface area contributed by atoms with Crippen LogP contribution >= 0.6 is 11.8 Å². The molecule has 122 valence electrons. The quantitative estimate of drug-likeness (QED) is 0.798. The van der Waals surface area contributed by atoms with E-state index in [2.05, 4.69) is 0 Å². The Hall–Kier alpha value is -2.60. The molecule has 0 spiro atoms. The Labute approximate surface area is 143 Å². The number of nitrogens with zero attached hydrogens (tertiary/aromatic N) is 1. The molecule has 2 aromatic carbocycles. The molecule has 1 aliphatic heterocycles. The summed E-state index contributed by atoms with van der Waals surface area (Å²) < 4.78 is 4.88. The van der Waals surface area contributed by atoms with Crippen molar-refractivity contribution in [3.8, 4) is 11.1 Å². The summed E-state index contributed by atoms with van der Waals surface area (Å²) in [5.41, 5.74) is 2.76. The molecular formula is C18H15NO4S. The lowest BCUT2D eigenvalue weighted by molar-refractivity contribution is -0.125. The molecule has 0 bridgehead atoms. The van der Waals surface area contributed by atoms with E-state index in [1.54, 1.807) is 6.07 Å². The molecule has 6 heteroatoms. The predicted octanol–water partition coefficient (Wildman–Crippen LogP) is 3.34. The number of hydrogen-bond acceptors (Lipinski definition) is 5. The van der Waals surface area contributed by atoms with Gasteiger partial charge in [0.05, 0.1) is 25.0 Å². The third-order valence-electron chi connectivity index (χ3n) is 3.76. The molecule has 0 unspecified atom stereocenters. The number of amides is 2. The van der Waals surface area contributed by atoms with E-state index in [1.165, 1.54) is 12.0 Å². The summed E-state index contributed by atoms with van der Waals surface area (Å²) in [5.74, 6) is -0.494. The molecule has 2 amide bonds. The zero-order valence-corrected chi connectivity index (χ0v) is 13.8. The van der Waals surface area contributed by atoms with E-state index >= 15 is 0 Å². The van der Waals surface area contributed by atoms with E-state index in [0.717, 1.165) is 22.9 Å². The second-order valence-corrected chi connectivity index (χ2v) is 6.20. The van der Waals surface area contributed by atoms with Gasteiger partial charge in [0.1, 0.15) is 0 Å². The number of rotatable bonds is 4. The molecule has 1 fully saturated rings. The summed E-state index contributed by atoms with van der Waals surface area (Å²) in [5, 5.41) is -0.258. The number of hydrogen-bond donors (Lipinski definition) is 0. The molecule has 2 aromatic rings. The molecule has 24 heavy (non-hydrogen) atoms. The second-order valence-electron chi connectivity index (χ2n) is 5.27. The third-order valence-corrected chi connectivity index (χ3v) is 4.61. The standard InChI is InChI=1S/C18H15NO4S/c1-23-17(21)15-9-12(10-19-16(20)11-24-18(19)22)7-8-14(15)13-5-3-2-4-6-13/h2-9H,10-11H2,1H3. The normalized spacial score (nSPS) is 14.1. The average molecular weight is 341 g/mol. The molecule has 1 aliphatic rings. The van der Waals surface area contributed by atoms with E-state index in [0.29, 0.717) is 11.1 Å². The van der Waals surface area contributed by atoms with E-state index in [4.69, 9.17) is 4.74 Å². The Kier molecular flexibility index (Phi) is 4.66. The number of imide groups is 1. The molecular weight excluding hydrogens is 326 g/mol. The zero-order chi connectivity index (χ0) is 17.1. The number of esters is 1. The first-order valence-corrected chi connectivity index (χ1v) is 8.32. The molecule has 0 saturated carbocycles. The Bertz CT molecular complexity index is 788. The topological polar surface area (TPSA) is 63.7 Å². The SMILES string of the molecule is COC(=O)c1cc(CN2C(=O)CSC2=O)ccc1-c1ccccc1. The highest BCUT2D eigenvalue weighted by Gasteiger charge is 2.30. The molecule has 0 radical (unpaired) electrons. The van der Waals surface area contributed by atoms with Crippen molar-refractivity contribution in [2.24, 2.45) is 0 Å². The second kappa shape index (κ2) is 6.88. The highest BCUT2D eigenvalue weighted by molar-refractivity contribution is 8.14. The predicted molar refractivity (Wildman–Crippen MR) is 91.6 cm³/mol. The van der Waals surface area contributed by atoms with Crippen molar-refractivity contribution >= 4 is 28.9 Å². The first kappa shape index (κ1) is 16.3. The number of methoxy groups -OCH3 is 1. The van der Waals surface area contributed by atoms with Crippen LogP contribution in [0.25, 0.3) is 11.1 Å². The Morgan fingerprint density at radius 1 is 1.17 bits per heavy atom. The van der Waals surface area contributed by atoms with Crippen molar-refractivity contribution in [1.29, 1.82) is 0 Å². The highest BCUT2D eigenvalue weighted by Crippen LogP contribution is 2.27. The summed E-state index contributed by atoms with van der Waals surface area (Å²) in [4.78, 5) is 36.8. The van der Waals surface area contributed by atoms with E-state index in [1.807, 2.05) is 42.5 Å². The molecule has 0 atom stereocenters. The van der Waals surface area contributed by atoms with Crippen molar-refractivity contribution < 1.29 is 19.1 Å². The fourth-order valence-corrected chi connectivity index (χ4v) is 3.28. The Morgan fingerprint density at radius 2 is 1.92 bits per heavy atom. The van der Waals surface area contributed by atoms with Crippen molar-refractivity contribution in [1.82, 2.24) is 4.90 Å². The van der Waals surface area contributed by atoms with Crippen LogP contribution in [0.15, 0.2) is 48.5 Å². The minimum Gasteiger partial charge on any atom is -0.465 e. The van der Waals surface area contributed by atoms with E-state index < -0.39 is 5.97 Å². The van der Waals surface area contributed by atoms with Gasteiger partial charge >= 0.3 is 5.97 Å². The average Bonchev–Trinajstić information content (AvgIpc) is 2.93. The molecule has 0 aromatic heterocycles. The monoisotopic (exact) mass is 341 g/mol. The van der Waals surface area contributed by atoms with Crippen LogP contribution in [0, 0.1) is 0 Å². The summed E-state index contributed by atoms with van der Waals surface area (Å²) in [6.45, 7) is 0.156. The number of carbonyl (C=O) groups excluding carboxylic acids is 3. The highest BCUT2D eigenvalue weighted by atomic mass is 32.2. The first-order chi connectivity index (χ1) is 11.6. The summed E-state index contributed by atoms with van der Waals surface area (Å²) in [6.07, 6.45) is 0. The maximum atomic E-state index is 12.2. The van der Waals surface area contributed by atoms with Crippen molar-refractivity contribution in [3.05, 3.63) is 59.7 Å². The maximum Gasteiger partial charge on any atom is 0.338 e. The van der Waals surface area contributed by atoms with Crippen molar-refractivity contribution in [2.75, 3.05) is 12.9 Å². The van der Waals surface area contributed by atoms with Gasteiger partial charge in [-0.3, -0.25) is 14.5 Å². The van der Waals surface area contributed by atoms with Gasteiger partial charge in [-0.25, -0.2) is 4.79 Å². The third kappa shape index (κ3) is 3.19.